The molecule has 0 unspecified atom stereocenters. The highest BCUT2D eigenvalue weighted by molar-refractivity contribution is 5.86. The second-order valence-electron chi connectivity index (χ2n) is 6.09. The van der Waals surface area contributed by atoms with Crippen molar-refractivity contribution in [1.82, 2.24) is 9.97 Å². The number of rotatable bonds is 7. The van der Waals surface area contributed by atoms with Crippen LogP contribution in [-0.4, -0.2) is 72.8 Å². The summed E-state index contributed by atoms with van der Waals surface area (Å²) in [4.78, 5) is 21.7. The first-order valence-corrected chi connectivity index (χ1v) is 7.99. The Balaban J connectivity index is 2.12. The van der Waals surface area contributed by atoms with Crippen LogP contribution in [0.25, 0.3) is 0 Å². The summed E-state index contributed by atoms with van der Waals surface area (Å²) in [6, 6.07) is 0. The van der Waals surface area contributed by atoms with Crippen LogP contribution in [0.15, 0.2) is 12.4 Å². The number of aliphatic hydroxyl groups excluding tert-OH is 2. The molecule has 2 N–H and O–H groups in total. The van der Waals surface area contributed by atoms with E-state index in [-0.39, 0.29) is 12.3 Å². The largest absolute Gasteiger partial charge is 0.464 e. The van der Waals surface area contributed by atoms with E-state index in [4.69, 9.17) is 4.74 Å². The van der Waals surface area contributed by atoms with Gasteiger partial charge in [0.25, 0.3) is 0 Å². The van der Waals surface area contributed by atoms with Crippen molar-refractivity contribution in [3.63, 3.8) is 0 Å². The first-order valence-electron chi connectivity index (χ1n) is 7.99. The first-order chi connectivity index (χ1) is 11.6. The Morgan fingerprint density at radius 1 is 1.42 bits per heavy atom. The van der Waals surface area contributed by atoms with Crippen LogP contribution < -0.4 is 4.90 Å². The molecule has 2 rings (SSSR count). The molecule has 0 amide bonds. The molecule has 1 aromatic rings. The van der Waals surface area contributed by atoms with Gasteiger partial charge in [0.05, 0.1) is 32.2 Å². The van der Waals surface area contributed by atoms with Gasteiger partial charge in [0.15, 0.2) is 5.69 Å². The van der Waals surface area contributed by atoms with Crippen LogP contribution in [0.4, 0.5) is 5.82 Å². The lowest BCUT2D eigenvalue weighted by atomic mass is 9.74. The Kier molecular flexibility index (Phi) is 6.47. The number of aliphatic hydroxyl groups is 2. The van der Waals surface area contributed by atoms with Gasteiger partial charge in [-0.3, -0.25) is 0 Å². The van der Waals surface area contributed by atoms with Crippen molar-refractivity contribution in [1.29, 1.82) is 0 Å². The predicted molar refractivity (Wildman–Crippen MR) is 86.8 cm³/mol. The van der Waals surface area contributed by atoms with Crippen molar-refractivity contribution in [2.24, 2.45) is 5.41 Å². The van der Waals surface area contributed by atoms with Crippen molar-refractivity contribution in [2.75, 3.05) is 45.4 Å². The van der Waals surface area contributed by atoms with Gasteiger partial charge in [0.2, 0.25) is 0 Å². The number of carbonyl (C=O) groups is 1. The zero-order valence-corrected chi connectivity index (χ0v) is 14.1. The van der Waals surface area contributed by atoms with E-state index in [2.05, 4.69) is 14.7 Å². The number of nitrogens with zero attached hydrogens (tertiary/aromatic N) is 3. The molecule has 0 aromatic carbocycles. The molecular formula is C16H25N3O5. The average Bonchev–Trinajstić information content (AvgIpc) is 2.63. The second-order valence-corrected chi connectivity index (χ2v) is 6.09. The van der Waals surface area contributed by atoms with Crippen molar-refractivity contribution >= 4 is 11.8 Å². The quantitative estimate of drug-likeness (QED) is 0.538. The Morgan fingerprint density at radius 2 is 2.21 bits per heavy atom. The number of carbonyl (C=O) groups excluding carboxylic acids is 1. The summed E-state index contributed by atoms with van der Waals surface area (Å²) < 4.78 is 9.68. The normalized spacial score (nSPS) is 24.0. The molecule has 0 spiro atoms. The molecule has 0 aliphatic carbocycles. The lowest BCUT2D eigenvalue weighted by Crippen LogP contribution is -2.54. The molecule has 8 heteroatoms. The number of anilines is 1. The fourth-order valence-corrected chi connectivity index (χ4v) is 3.09. The molecule has 134 valence electrons. The zero-order valence-electron chi connectivity index (χ0n) is 14.1. The van der Waals surface area contributed by atoms with Crippen molar-refractivity contribution in [2.45, 2.75) is 25.4 Å². The lowest BCUT2D eigenvalue weighted by molar-refractivity contribution is -0.0388. The number of hydrogen-bond donors (Lipinski definition) is 2. The van der Waals surface area contributed by atoms with E-state index in [1.165, 1.54) is 19.5 Å². The Labute approximate surface area is 141 Å². The molecule has 1 aliphatic heterocycles. The van der Waals surface area contributed by atoms with Gasteiger partial charge in [-0.1, -0.05) is 0 Å². The average molecular weight is 339 g/mol. The van der Waals surface area contributed by atoms with E-state index in [1.807, 2.05) is 4.90 Å². The number of hydrogen-bond acceptors (Lipinski definition) is 8. The summed E-state index contributed by atoms with van der Waals surface area (Å²) in [5, 5.41) is 20.3. The van der Waals surface area contributed by atoms with Crippen LogP contribution in [0, 0.1) is 5.41 Å². The Hall–Kier alpha value is -1.77. The molecule has 0 radical (unpaired) electrons. The lowest BCUT2D eigenvalue weighted by Gasteiger charge is -2.45. The summed E-state index contributed by atoms with van der Waals surface area (Å²) in [7, 11) is 2.92. The van der Waals surface area contributed by atoms with Crippen molar-refractivity contribution in [3.8, 4) is 0 Å². The van der Waals surface area contributed by atoms with Gasteiger partial charge in [-0.15, -0.1) is 0 Å². The van der Waals surface area contributed by atoms with Gasteiger partial charge < -0.3 is 24.6 Å². The number of piperidine rings is 1. The van der Waals surface area contributed by atoms with E-state index in [0.29, 0.717) is 38.4 Å². The maximum absolute atomic E-state index is 11.4. The molecular weight excluding hydrogens is 314 g/mol. The highest BCUT2D eigenvalue weighted by Crippen LogP contribution is 2.36. The first kappa shape index (κ1) is 18.6. The van der Waals surface area contributed by atoms with Crippen LogP contribution in [0.2, 0.25) is 0 Å². The monoisotopic (exact) mass is 339 g/mol. The summed E-state index contributed by atoms with van der Waals surface area (Å²) in [6.45, 7) is 1.56. The third-order valence-corrected chi connectivity index (χ3v) is 4.58. The number of ether oxygens (including phenoxy) is 2. The van der Waals surface area contributed by atoms with Crippen LogP contribution in [0.1, 0.15) is 29.8 Å². The molecule has 24 heavy (non-hydrogen) atoms. The molecule has 1 saturated heterocycles. The van der Waals surface area contributed by atoms with Crippen molar-refractivity contribution in [3.05, 3.63) is 18.1 Å². The molecule has 8 nitrogen and oxygen atoms in total. The summed E-state index contributed by atoms with van der Waals surface area (Å²) in [5.41, 5.74) is -0.466. The SMILES string of the molecule is COCCC[C@@]1(CO)CN(c2cnc(C(=O)OC)cn2)CC[C@H]1O. The number of methoxy groups -OCH3 is 2. The van der Waals surface area contributed by atoms with Gasteiger partial charge in [0.1, 0.15) is 5.82 Å². The van der Waals surface area contributed by atoms with Gasteiger partial charge in [-0.05, 0) is 19.3 Å². The number of aromatic nitrogens is 2. The van der Waals surface area contributed by atoms with Crippen LogP contribution >= 0.6 is 0 Å². The molecule has 2 atom stereocenters. The molecule has 1 aromatic heterocycles. The maximum atomic E-state index is 11.4. The third kappa shape index (κ3) is 4.00. The molecule has 0 bridgehead atoms. The topological polar surface area (TPSA) is 105 Å². The minimum absolute atomic E-state index is 0.109. The van der Waals surface area contributed by atoms with Crippen LogP contribution in [0.3, 0.4) is 0 Å². The van der Waals surface area contributed by atoms with Crippen LogP contribution in [-0.2, 0) is 9.47 Å². The maximum Gasteiger partial charge on any atom is 0.358 e. The molecule has 1 fully saturated rings. The fraction of sp³-hybridized carbons (Fsp3) is 0.688. The highest BCUT2D eigenvalue weighted by Gasteiger charge is 2.42. The Bertz CT molecular complexity index is 539. The van der Waals surface area contributed by atoms with Gasteiger partial charge >= 0.3 is 5.97 Å². The molecule has 1 aliphatic rings. The van der Waals surface area contributed by atoms with E-state index >= 15 is 0 Å². The summed E-state index contributed by atoms with van der Waals surface area (Å²) in [5.74, 6) is 0.0755. The van der Waals surface area contributed by atoms with E-state index in [9.17, 15) is 15.0 Å². The minimum Gasteiger partial charge on any atom is -0.464 e. The fourth-order valence-electron chi connectivity index (χ4n) is 3.09. The molecule has 2 heterocycles. The van der Waals surface area contributed by atoms with E-state index < -0.39 is 17.5 Å². The minimum atomic E-state index is -0.612. The van der Waals surface area contributed by atoms with E-state index in [0.717, 1.165) is 6.42 Å². The standard InChI is InChI=1S/C16H25N3O5/c1-23-7-3-5-16(11-20)10-19(6-4-13(16)21)14-9-17-12(8-18-14)15(22)24-2/h8-9,13,20-21H,3-7,10-11H2,1-2H3/t13-,16+/m1/s1. The summed E-state index contributed by atoms with van der Waals surface area (Å²) >= 11 is 0. The van der Waals surface area contributed by atoms with E-state index in [1.54, 1.807) is 7.11 Å². The smallest absolute Gasteiger partial charge is 0.358 e. The van der Waals surface area contributed by atoms with Gasteiger partial charge in [0, 0.05) is 32.2 Å². The predicted octanol–water partition coefficient (Wildman–Crippen LogP) is 0.239. The molecule has 0 saturated carbocycles. The van der Waals surface area contributed by atoms with Gasteiger partial charge in [-0.25, -0.2) is 14.8 Å². The summed E-state index contributed by atoms with van der Waals surface area (Å²) in [6.07, 6.45) is 4.27. The number of esters is 1. The highest BCUT2D eigenvalue weighted by atomic mass is 16.5. The van der Waals surface area contributed by atoms with Crippen LogP contribution in [0.5, 0.6) is 0 Å². The van der Waals surface area contributed by atoms with Gasteiger partial charge in [-0.2, -0.15) is 0 Å². The third-order valence-electron chi connectivity index (χ3n) is 4.58. The van der Waals surface area contributed by atoms with Crippen molar-refractivity contribution < 1.29 is 24.5 Å². The zero-order chi connectivity index (χ0) is 17.6. The second kappa shape index (κ2) is 8.36. The Morgan fingerprint density at radius 3 is 2.79 bits per heavy atom.